The number of hydrogen-bond acceptors (Lipinski definition) is 1. The van der Waals surface area contributed by atoms with Gasteiger partial charge in [-0.2, -0.15) is 0 Å². The van der Waals surface area contributed by atoms with Crippen molar-refractivity contribution in [2.24, 2.45) is 0 Å². The smallest absolute Gasteiger partial charge is 0.118 e. The van der Waals surface area contributed by atoms with Crippen LogP contribution in [-0.2, 0) is 6.42 Å². The highest BCUT2D eigenvalue weighted by atomic mass is 24.3. The highest BCUT2D eigenvalue weighted by Gasteiger charge is 1.92. The van der Waals surface area contributed by atoms with Gasteiger partial charge in [-0.15, -0.1) is 0 Å². The molecule has 0 aromatic heterocycles. The third-order valence-corrected chi connectivity index (χ3v) is 1.37. The lowest BCUT2D eigenvalue weighted by Gasteiger charge is -1.97. The van der Waals surface area contributed by atoms with Gasteiger partial charge in [-0.25, -0.2) is 0 Å². The average molecular weight is 146 g/mol. The lowest BCUT2D eigenvalue weighted by atomic mass is 10.1. The second-order valence-electron chi connectivity index (χ2n) is 1.98. The molecule has 0 spiro atoms. The molecule has 0 aliphatic rings. The molecule has 1 aromatic rings. The molecule has 0 atom stereocenters. The molecule has 0 saturated carbocycles. The maximum absolute atomic E-state index is 9.11. The zero-order chi connectivity index (χ0) is 6.69. The minimum atomic E-state index is 0. The molecule has 1 N–H and O–H groups in total. The van der Waals surface area contributed by atoms with Crippen LogP contribution in [0.1, 0.15) is 12.5 Å². The molecule has 0 bridgehead atoms. The van der Waals surface area contributed by atoms with Crippen LogP contribution in [0.5, 0.6) is 5.75 Å². The largest absolute Gasteiger partial charge is 0.508 e. The highest BCUT2D eigenvalue weighted by molar-refractivity contribution is 5.75. The van der Waals surface area contributed by atoms with Gasteiger partial charge in [-0.1, -0.05) is 25.1 Å². The van der Waals surface area contributed by atoms with Gasteiger partial charge in [0.1, 0.15) is 5.75 Å². The third-order valence-electron chi connectivity index (χ3n) is 1.37. The van der Waals surface area contributed by atoms with E-state index in [1.165, 1.54) is 0 Å². The van der Waals surface area contributed by atoms with E-state index in [0.29, 0.717) is 5.75 Å². The van der Waals surface area contributed by atoms with E-state index < -0.39 is 0 Å². The molecule has 1 rings (SSSR count). The molecule has 0 heterocycles. The van der Waals surface area contributed by atoms with E-state index in [-0.39, 0.29) is 23.1 Å². The molecule has 10 heavy (non-hydrogen) atoms. The summed E-state index contributed by atoms with van der Waals surface area (Å²) in [7, 11) is 0. The number of hydrogen-bond donors (Lipinski definition) is 1. The Bertz CT molecular complexity index is 198. The second-order valence-corrected chi connectivity index (χ2v) is 1.98. The molecule has 0 fully saturated rings. The van der Waals surface area contributed by atoms with Crippen molar-refractivity contribution in [1.29, 1.82) is 0 Å². The monoisotopic (exact) mass is 146 g/mol. The van der Waals surface area contributed by atoms with E-state index in [1.54, 1.807) is 6.07 Å². The van der Waals surface area contributed by atoms with E-state index in [1.807, 2.05) is 25.1 Å². The maximum Gasteiger partial charge on any atom is 0.118 e. The van der Waals surface area contributed by atoms with Gasteiger partial charge in [-0.3, -0.25) is 0 Å². The normalized spacial score (nSPS) is 8.50. The summed E-state index contributed by atoms with van der Waals surface area (Å²) < 4.78 is 0. The predicted octanol–water partition coefficient (Wildman–Crippen LogP) is 1.57. The van der Waals surface area contributed by atoms with E-state index in [4.69, 9.17) is 5.11 Å². The van der Waals surface area contributed by atoms with Gasteiger partial charge in [0.15, 0.2) is 0 Å². The minimum absolute atomic E-state index is 0. The Morgan fingerprint density at radius 1 is 1.30 bits per heavy atom. The number of rotatable bonds is 1. The molecule has 1 aromatic carbocycles. The van der Waals surface area contributed by atoms with Crippen molar-refractivity contribution in [2.75, 3.05) is 0 Å². The van der Waals surface area contributed by atoms with Crippen molar-refractivity contribution in [2.45, 2.75) is 13.3 Å². The molecule has 1 nitrogen and oxygen atoms in total. The van der Waals surface area contributed by atoms with E-state index in [9.17, 15) is 0 Å². The molecule has 0 saturated heterocycles. The van der Waals surface area contributed by atoms with Gasteiger partial charge in [0.05, 0.1) is 0 Å². The van der Waals surface area contributed by atoms with Gasteiger partial charge >= 0.3 is 0 Å². The summed E-state index contributed by atoms with van der Waals surface area (Å²) in [5.41, 5.74) is 1.01. The summed E-state index contributed by atoms with van der Waals surface area (Å²) in [4.78, 5) is 0. The van der Waals surface area contributed by atoms with Gasteiger partial charge in [0.2, 0.25) is 0 Å². The zero-order valence-electron chi connectivity index (χ0n) is 6.17. The molecule has 50 valence electrons. The predicted molar refractivity (Wildman–Crippen MR) is 43.2 cm³/mol. The first-order chi connectivity index (χ1) is 4.34. The first kappa shape index (κ1) is 9.79. The van der Waals surface area contributed by atoms with Crippen molar-refractivity contribution in [3.8, 4) is 5.75 Å². The Labute approximate surface area is 77.2 Å². The second kappa shape index (κ2) is 4.58. The van der Waals surface area contributed by atoms with E-state index >= 15 is 0 Å². The molecular formula is C8H10MgO. The van der Waals surface area contributed by atoms with Crippen molar-refractivity contribution in [3.63, 3.8) is 0 Å². The molecule has 0 unspecified atom stereocenters. The fraction of sp³-hybridized carbons (Fsp3) is 0.250. The van der Waals surface area contributed by atoms with E-state index in [2.05, 4.69) is 0 Å². The molecule has 2 heteroatoms. The average Bonchev–Trinajstić information content (AvgIpc) is 1.89. The molecule has 0 amide bonds. The highest BCUT2D eigenvalue weighted by Crippen LogP contribution is 2.14. The summed E-state index contributed by atoms with van der Waals surface area (Å²) in [5.74, 6) is 0.403. The summed E-state index contributed by atoms with van der Waals surface area (Å²) in [6.07, 6.45) is 0.896. The fourth-order valence-corrected chi connectivity index (χ4v) is 0.810. The van der Waals surface area contributed by atoms with Crippen LogP contribution < -0.4 is 0 Å². The number of aromatic hydroxyl groups is 1. The maximum atomic E-state index is 9.11. The van der Waals surface area contributed by atoms with Gasteiger partial charge in [-0.05, 0) is 18.1 Å². The Morgan fingerprint density at radius 2 is 1.90 bits per heavy atom. The lowest BCUT2D eigenvalue weighted by molar-refractivity contribution is 0.469. The Morgan fingerprint density at radius 3 is 2.30 bits per heavy atom. The molecule has 0 aliphatic carbocycles. The number of para-hydroxylation sites is 1. The van der Waals surface area contributed by atoms with Crippen LogP contribution in [0.25, 0.3) is 0 Å². The number of phenolic OH excluding ortho intramolecular Hbond substituents is 1. The zero-order valence-corrected chi connectivity index (χ0v) is 7.59. The van der Waals surface area contributed by atoms with Gasteiger partial charge in [0, 0.05) is 23.1 Å². The summed E-state index contributed by atoms with van der Waals surface area (Å²) in [6, 6.07) is 7.39. The number of benzene rings is 1. The van der Waals surface area contributed by atoms with Crippen molar-refractivity contribution in [3.05, 3.63) is 29.8 Å². The fourth-order valence-electron chi connectivity index (χ4n) is 0.810. The van der Waals surface area contributed by atoms with Crippen molar-refractivity contribution in [1.82, 2.24) is 0 Å². The molecule has 0 aliphatic heterocycles. The van der Waals surface area contributed by atoms with Crippen molar-refractivity contribution < 1.29 is 5.11 Å². The minimum Gasteiger partial charge on any atom is -0.508 e. The van der Waals surface area contributed by atoms with Gasteiger partial charge in [0.25, 0.3) is 0 Å². The lowest BCUT2D eigenvalue weighted by Crippen LogP contribution is -1.77. The van der Waals surface area contributed by atoms with Crippen LogP contribution >= 0.6 is 0 Å². The quantitative estimate of drug-likeness (QED) is 0.597. The first-order valence-electron chi connectivity index (χ1n) is 3.11. The number of phenols is 1. The van der Waals surface area contributed by atoms with Crippen LogP contribution in [0, 0.1) is 0 Å². The van der Waals surface area contributed by atoms with Crippen LogP contribution in [0.15, 0.2) is 24.3 Å². The first-order valence-corrected chi connectivity index (χ1v) is 3.11. The SMILES string of the molecule is CCc1ccccc1O.[Mg]. The molecule has 2 radical (unpaired) electrons. The summed E-state index contributed by atoms with van der Waals surface area (Å²) >= 11 is 0. The summed E-state index contributed by atoms with van der Waals surface area (Å²) in [5, 5.41) is 9.11. The molecular weight excluding hydrogens is 136 g/mol. The standard InChI is InChI=1S/C8H10O.Mg/c1-2-7-5-3-4-6-8(7)9;/h3-6,9H,2H2,1H3;. The van der Waals surface area contributed by atoms with Crippen molar-refractivity contribution >= 4 is 23.1 Å². The van der Waals surface area contributed by atoms with Crippen LogP contribution in [-0.4, -0.2) is 28.2 Å². The summed E-state index contributed by atoms with van der Waals surface area (Å²) in [6.45, 7) is 2.02. The van der Waals surface area contributed by atoms with E-state index in [0.717, 1.165) is 12.0 Å². The Balaban J connectivity index is 0.000000810. The Kier molecular flexibility index (Phi) is 4.48. The third kappa shape index (κ3) is 2.19. The number of aryl methyl sites for hydroxylation is 1. The van der Waals surface area contributed by atoms with Crippen LogP contribution in [0.2, 0.25) is 0 Å². The van der Waals surface area contributed by atoms with Crippen LogP contribution in [0.4, 0.5) is 0 Å². The topological polar surface area (TPSA) is 20.2 Å². The van der Waals surface area contributed by atoms with Gasteiger partial charge < -0.3 is 5.11 Å². The van der Waals surface area contributed by atoms with Crippen LogP contribution in [0.3, 0.4) is 0 Å². The Hall–Kier alpha value is -0.214.